The molecule has 7 atom stereocenters. The molecule has 11 heteroatoms. The van der Waals surface area contributed by atoms with Crippen LogP contribution in [-0.2, 0) is 23.8 Å². The summed E-state index contributed by atoms with van der Waals surface area (Å²) < 4.78 is 16.7. The number of hydrogen-bond donors (Lipinski definition) is 6. The molecule has 1 aliphatic rings. The molecule has 1 aliphatic heterocycles. The largest absolute Gasteiger partial charge is 0.466 e. The molecule has 1 heterocycles. The van der Waals surface area contributed by atoms with Crippen molar-refractivity contribution < 1.29 is 49.3 Å². The number of esters is 1. The minimum atomic E-state index is -1.58. The molecule has 0 aliphatic carbocycles. The third-order valence-corrected chi connectivity index (χ3v) is 18.5. The molecule has 0 radical (unpaired) electrons. The number of rotatable bonds is 69. The second-order valence-corrected chi connectivity index (χ2v) is 27.0. The Hall–Kier alpha value is -2.12. The van der Waals surface area contributed by atoms with Crippen molar-refractivity contribution in [3.05, 3.63) is 36.5 Å². The Kier molecular flexibility index (Phi) is 64.2. The Labute approximate surface area is 549 Å². The smallest absolute Gasteiger partial charge is 0.305 e. The number of aliphatic hydroxyl groups is 5. The standard InChI is InChI=1S/C78H147NO10/c1-3-5-7-9-11-13-15-46-50-54-58-62-66-74(83)87-67-63-59-55-51-47-44-42-40-38-36-34-32-30-28-26-24-22-20-18-16-17-19-21-23-25-27-29-31-33-35-37-39-41-43-45-49-53-57-61-65-73(82)79-70(69-88-78-77(86)76(85)75(84)72(68-80)89-78)71(81)64-60-56-52-48-14-12-10-8-6-4-2/h6,8,14,48,60,64,70-72,75-78,80-81,84-86H,3-5,7,9-13,15-47,49-59,61-63,65-69H2,1-2H3,(H,79,82)/b8-6+,48-14+,64-60+. The third-order valence-electron chi connectivity index (χ3n) is 18.5. The van der Waals surface area contributed by atoms with Gasteiger partial charge in [-0.2, -0.15) is 0 Å². The van der Waals surface area contributed by atoms with E-state index >= 15 is 0 Å². The third kappa shape index (κ3) is 56.0. The van der Waals surface area contributed by atoms with Crippen LogP contribution >= 0.6 is 0 Å². The van der Waals surface area contributed by atoms with Gasteiger partial charge in [-0.15, -0.1) is 0 Å². The number of carbonyl (C=O) groups is 2. The summed E-state index contributed by atoms with van der Waals surface area (Å²) in [6.07, 6.45) is 77.8. The van der Waals surface area contributed by atoms with Gasteiger partial charge in [0.2, 0.25) is 5.91 Å². The van der Waals surface area contributed by atoms with Crippen molar-refractivity contribution in [3.63, 3.8) is 0 Å². The molecular formula is C78H147NO10. The van der Waals surface area contributed by atoms with Gasteiger partial charge < -0.3 is 45.1 Å². The van der Waals surface area contributed by atoms with Crippen molar-refractivity contribution in [1.82, 2.24) is 5.32 Å². The Balaban J connectivity index is 1.85. The number of nitrogens with one attached hydrogen (secondary N) is 1. The maximum Gasteiger partial charge on any atom is 0.305 e. The Morgan fingerprint density at radius 1 is 0.416 bits per heavy atom. The van der Waals surface area contributed by atoms with Gasteiger partial charge in [0.05, 0.1) is 32.0 Å². The predicted molar refractivity (Wildman–Crippen MR) is 375 cm³/mol. The number of amides is 1. The van der Waals surface area contributed by atoms with E-state index in [1.54, 1.807) is 6.08 Å². The lowest BCUT2D eigenvalue weighted by atomic mass is 9.99. The molecule has 0 saturated carbocycles. The van der Waals surface area contributed by atoms with E-state index in [0.717, 1.165) is 64.2 Å². The summed E-state index contributed by atoms with van der Waals surface area (Å²) in [4.78, 5) is 25.1. The number of aliphatic hydroxyl groups excluding tert-OH is 5. The van der Waals surface area contributed by atoms with Crippen molar-refractivity contribution in [2.24, 2.45) is 0 Å². The first kappa shape index (κ1) is 84.9. The Morgan fingerprint density at radius 2 is 0.742 bits per heavy atom. The van der Waals surface area contributed by atoms with Gasteiger partial charge in [-0.05, 0) is 51.4 Å². The summed E-state index contributed by atoms with van der Waals surface area (Å²) in [7, 11) is 0. The van der Waals surface area contributed by atoms with Gasteiger partial charge in [0, 0.05) is 12.8 Å². The van der Waals surface area contributed by atoms with E-state index in [-0.39, 0.29) is 18.5 Å². The zero-order chi connectivity index (χ0) is 64.4. The topological polar surface area (TPSA) is 175 Å². The van der Waals surface area contributed by atoms with Crippen LogP contribution in [0.4, 0.5) is 0 Å². The number of ether oxygens (including phenoxy) is 3. The van der Waals surface area contributed by atoms with Crippen LogP contribution in [0.1, 0.15) is 386 Å². The maximum absolute atomic E-state index is 13.0. The molecule has 0 aromatic heterocycles. The SMILES string of the molecule is CC/C=C/CC/C=C/CC/C=C/C(O)C(COC1OC(CO)C(O)C(O)C1O)NC(=O)CCCCCCCCCCCCCCCCCCCCCCCCCCCCCCCCCCCCCCCCCOC(=O)CCCCCCCCCCCCCC. The van der Waals surface area contributed by atoms with Crippen molar-refractivity contribution in [1.29, 1.82) is 0 Å². The number of unbranched alkanes of at least 4 members (excludes halogenated alkanes) is 51. The van der Waals surface area contributed by atoms with Crippen molar-refractivity contribution >= 4 is 11.9 Å². The quantitative estimate of drug-likeness (QED) is 0.0195. The highest BCUT2D eigenvalue weighted by molar-refractivity contribution is 5.76. The summed E-state index contributed by atoms with van der Waals surface area (Å²) in [5.74, 6) is -0.172. The van der Waals surface area contributed by atoms with Crippen LogP contribution in [0.5, 0.6) is 0 Å². The van der Waals surface area contributed by atoms with E-state index in [0.29, 0.717) is 19.4 Å². The van der Waals surface area contributed by atoms with Crippen LogP contribution in [-0.4, -0.2) is 100 Å². The van der Waals surface area contributed by atoms with E-state index in [1.165, 1.54) is 295 Å². The normalized spacial score (nSPS) is 17.9. The first-order valence-electron chi connectivity index (χ1n) is 38.8. The first-order chi connectivity index (χ1) is 43.7. The highest BCUT2D eigenvalue weighted by Gasteiger charge is 2.44. The minimum Gasteiger partial charge on any atom is -0.466 e. The fraction of sp³-hybridized carbons (Fsp3) is 0.897. The van der Waals surface area contributed by atoms with Crippen LogP contribution in [0, 0.1) is 0 Å². The molecular weight excluding hydrogens is 1110 g/mol. The molecule has 0 aromatic rings. The molecule has 0 aromatic carbocycles. The van der Waals surface area contributed by atoms with Crippen LogP contribution in [0.3, 0.4) is 0 Å². The fourth-order valence-corrected chi connectivity index (χ4v) is 12.5. The van der Waals surface area contributed by atoms with Crippen molar-refractivity contribution in [2.45, 2.75) is 429 Å². The molecule has 7 unspecified atom stereocenters. The van der Waals surface area contributed by atoms with Crippen LogP contribution in [0.15, 0.2) is 36.5 Å². The molecule has 11 nitrogen and oxygen atoms in total. The van der Waals surface area contributed by atoms with Crippen LogP contribution in [0.25, 0.3) is 0 Å². The summed E-state index contributed by atoms with van der Waals surface area (Å²) in [6.45, 7) is 4.25. The molecule has 6 N–H and O–H groups in total. The summed E-state index contributed by atoms with van der Waals surface area (Å²) in [6, 6.07) is -0.829. The monoisotopic (exact) mass is 1260 g/mol. The van der Waals surface area contributed by atoms with Crippen molar-refractivity contribution in [3.8, 4) is 0 Å². The van der Waals surface area contributed by atoms with Gasteiger partial charge in [0.1, 0.15) is 24.4 Å². The zero-order valence-corrected chi connectivity index (χ0v) is 58.4. The van der Waals surface area contributed by atoms with Crippen molar-refractivity contribution in [2.75, 3.05) is 19.8 Å². The van der Waals surface area contributed by atoms with Gasteiger partial charge in [0.15, 0.2) is 6.29 Å². The maximum atomic E-state index is 13.0. The minimum absolute atomic E-state index is 0.0193. The highest BCUT2D eigenvalue weighted by atomic mass is 16.7. The predicted octanol–water partition coefficient (Wildman–Crippen LogP) is 20.5. The molecule has 1 saturated heterocycles. The van der Waals surface area contributed by atoms with Gasteiger partial charge in [-0.1, -0.05) is 359 Å². The van der Waals surface area contributed by atoms with Crippen LogP contribution in [0.2, 0.25) is 0 Å². The molecule has 89 heavy (non-hydrogen) atoms. The number of hydrogen-bond acceptors (Lipinski definition) is 10. The van der Waals surface area contributed by atoms with Gasteiger partial charge in [0.25, 0.3) is 0 Å². The molecule has 0 bridgehead atoms. The molecule has 1 rings (SSSR count). The average Bonchev–Trinajstić information content (AvgIpc) is 2.81. The van der Waals surface area contributed by atoms with E-state index in [4.69, 9.17) is 14.2 Å². The van der Waals surface area contributed by atoms with E-state index in [9.17, 15) is 35.1 Å². The van der Waals surface area contributed by atoms with E-state index in [2.05, 4.69) is 43.5 Å². The van der Waals surface area contributed by atoms with E-state index < -0.39 is 49.5 Å². The lowest BCUT2D eigenvalue weighted by molar-refractivity contribution is -0.302. The highest BCUT2D eigenvalue weighted by Crippen LogP contribution is 2.24. The fourth-order valence-electron chi connectivity index (χ4n) is 12.5. The van der Waals surface area contributed by atoms with E-state index in [1.807, 2.05) is 6.08 Å². The first-order valence-corrected chi connectivity index (χ1v) is 38.8. The number of carbonyl (C=O) groups excluding carboxylic acids is 2. The zero-order valence-electron chi connectivity index (χ0n) is 58.4. The summed E-state index contributed by atoms with van der Waals surface area (Å²) >= 11 is 0. The average molecular weight is 1260 g/mol. The Bertz CT molecular complexity index is 1570. The lowest BCUT2D eigenvalue weighted by Gasteiger charge is -2.40. The molecule has 524 valence electrons. The molecule has 1 fully saturated rings. The van der Waals surface area contributed by atoms with Gasteiger partial charge in [-0.25, -0.2) is 0 Å². The molecule has 0 spiro atoms. The second-order valence-electron chi connectivity index (χ2n) is 27.0. The number of allylic oxidation sites excluding steroid dienone is 5. The summed E-state index contributed by atoms with van der Waals surface area (Å²) in [5, 5.41) is 54.3. The van der Waals surface area contributed by atoms with Gasteiger partial charge in [-0.3, -0.25) is 9.59 Å². The second kappa shape index (κ2) is 67.3. The lowest BCUT2D eigenvalue weighted by Crippen LogP contribution is -2.60. The Morgan fingerprint density at radius 3 is 1.10 bits per heavy atom. The van der Waals surface area contributed by atoms with Gasteiger partial charge >= 0.3 is 5.97 Å². The molecule has 1 amide bonds. The summed E-state index contributed by atoms with van der Waals surface area (Å²) in [5.41, 5.74) is 0. The van der Waals surface area contributed by atoms with Crippen LogP contribution < -0.4 is 5.32 Å².